The highest BCUT2D eigenvalue weighted by molar-refractivity contribution is 6.04. The van der Waals surface area contributed by atoms with Crippen LogP contribution in [0.3, 0.4) is 0 Å². The monoisotopic (exact) mass is 403 g/mol. The summed E-state index contributed by atoms with van der Waals surface area (Å²) in [5, 5.41) is 2.92. The molecule has 156 valence electrons. The van der Waals surface area contributed by atoms with Crippen LogP contribution in [-0.4, -0.2) is 12.5 Å². The van der Waals surface area contributed by atoms with Gasteiger partial charge in [0, 0.05) is 11.3 Å². The van der Waals surface area contributed by atoms with Crippen molar-refractivity contribution in [3.05, 3.63) is 90.0 Å². The fourth-order valence-electron chi connectivity index (χ4n) is 3.02. The Morgan fingerprint density at radius 3 is 2.37 bits per heavy atom. The largest absolute Gasteiger partial charge is 0.494 e. The summed E-state index contributed by atoms with van der Waals surface area (Å²) < 4.78 is 11.6. The first-order valence-electron chi connectivity index (χ1n) is 10.6. The molecule has 0 bridgehead atoms. The van der Waals surface area contributed by atoms with E-state index in [0.29, 0.717) is 17.9 Å². The normalized spacial score (nSPS) is 10.4. The van der Waals surface area contributed by atoms with Gasteiger partial charge in [-0.15, -0.1) is 0 Å². The molecule has 3 aromatic rings. The molecule has 3 rings (SSSR count). The molecule has 0 heterocycles. The molecule has 0 fully saturated rings. The summed E-state index contributed by atoms with van der Waals surface area (Å²) in [6.07, 6.45) is 4.72. The fourth-order valence-corrected chi connectivity index (χ4v) is 3.02. The van der Waals surface area contributed by atoms with Gasteiger partial charge in [0.05, 0.1) is 6.61 Å². The Morgan fingerprint density at radius 2 is 1.60 bits per heavy atom. The van der Waals surface area contributed by atoms with Gasteiger partial charge in [0.25, 0.3) is 5.91 Å². The zero-order valence-corrected chi connectivity index (χ0v) is 17.5. The molecule has 0 radical (unpaired) electrons. The standard InChI is InChI=1S/C26H29NO3/c1-2-3-4-8-18-29-24-16-14-23(15-17-24)27-26(28)22-12-9-13-25(19-22)30-20-21-10-6-5-7-11-21/h5-7,9-17,19H,2-4,8,18,20H2,1H3,(H,27,28). The summed E-state index contributed by atoms with van der Waals surface area (Å²) >= 11 is 0. The number of ether oxygens (including phenoxy) is 2. The Hall–Kier alpha value is -3.27. The number of unbranched alkanes of at least 4 members (excludes halogenated alkanes) is 3. The van der Waals surface area contributed by atoms with E-state index in [1.807, 2.05) is 66.7 Å². The first-order valence-corrected chi connectivity index (χ1v) is 10.6. The Balaban J connectivity index is 1.50. The minimum atomic E-state index is -0.173. The number of hydrogen-bond donors (Lipinski definition) is 1. The predicted octanol–water partition coefficient (Wildman–Crippen LogP) is 6.48. The summed E-state index contributed by atoms with van der Waals surface area (Å²) in [5.74, 6) is 1.31. The van der Waals surface area contributed by atoms with Crippen LogP contribution in [0.2, 0.25) is 0 Å². The molecular formula is C26H29NO3. The Kier molecular flexibility index (Phi) is 8.34. The van der Waals surface area contributed by atoms with E-state index in [1.165, 1.54) is 19.3 Å². The molecule has 0 atom stereocenters. The summed E-state index contributed by atoms with van der Waals surface area (Å²) in [5.41, 5.74) is 2.37. The van der Waals surface area contributed by atoms with Gasteiger partial charge in [-0.25, -0.2) is 0 Å². The van der Waals surface area contributed by atoms with Crippen LogP contribution in [0.5, 0.6) is 11.5 Å². The molecule has 4 heteroatoms. The zero-order chi connectivity index (χ0) is 21.0. The van der Waals surface area contributed by atoms with E-state index in [1.54, 1.807) is 12.1 Å². The van der Waals surface area contributed by atoms with Gasteiger partial charge in [0.1, 0.15) is 18.1 Å². The van der Waals surface area contributed by atoms with Crippen molar-refractivity contribution in [2.75, 3.05) is 11.9 Å². The van der Waals surface area contributed by atoms with E-state index >= 15 is 0 Å². The number of amides is 1. The number of nitrogens with one attached hydrogen (secondary N) is 1. The van der Waals surface area contributed by atoms with Crippen LogP contribution >= 0.6 is 0 Å². The molecule has 30 heavy (non-hydrogen) atoms. The zero-order valence-electron chi connectivity index (χ0n) is 17.5. The molecular weight excluding hydrogens is 374 g/mol. The van der Waals surface area contributed by atoms with E-state index in [4.69, 9.17) is 9.47 Å². The number of anilines is 1. The molecule has 0 aliphatic heterocycles. The first-order chi connectivity index (χ1) is 14.7. The van der Waals surface area contributed by atoms with Gasteiger partial charge in [-0.3, -0.25) is 4.79 Å². The maximum absolute atomic E-state index is 12.6. The van der Waals surface area contributed by atoms with Crippen molar-refractivity contribution in [2.45, 2.75) is 39.2 Å². The predicted molar refractivity (Wildman–Crippen MR) is 121 cm³/mol. The minimum Gasteiger partial charge on any atom is -0.494 e. The number of hydrogen-bond acceptors (Lipinski definition) is 3. The van der Waals surface area contributed by atoms with Gasteiger partial charge in [-0.1, -0.05) is 62.6 Å². The van der Waals surface area contributed by atoms with Crippen molar-refractivity contribution in [1.82, 2.24) is 0 Å². The molecule has 1 N–H and O–H groups in total. The molecule has 1 amide bonds. The Morgan fingerprint density at radius 1 is 0.800 bits per heavy atom. The maximum atomic E-state index is 12.6. The Bertz CT molecular complexity index is 907. The minimum absolute atomic E-state index is 0.173. The maximum Gasteiger partial charge on any atom is 0.255 e. The van der Waals surface area contributed by atoms with Gasteiger partial charge >= 0.3 is 0 Å². The van der Waals surface area contributed by atoms with E-state index in [0.717, 1.165) is 30.0 Å². The average molecular weight is 404 g/mol. The molecule has 0 aliphatic rings. The smallest absolute Gasteiger partial charge is 0.255 e. The molecule has 3 aromatic carbocycles. The first kappa shape index (κ1) is 21.4. The van der Waals surface area contributed by atoms with Crippen LogP contribution in [0.4, 0.5) is 5.69 Å². The lowest BCUT2D eigenvalue weighted by atomic mass is 10.2. The van der Waals surface area contributed by atoms with Crippen molar-refractivity contribution < 1.29 is 14.3 Å². The third kappa shape index (κ3) is 6.96. The van der Waals surface area contributed by atoms with Crippen molar-refractivity contribution in [3.63, 3.8) is 0 Å². The highest BCUT2D eigenvalue weighted by Gasteiger charge is 2.08. The quantitative estimate of drug-likeness (QED) is 0.373. The second-order valence-corrected chi connectivity index (χ2v) is 7.19. The van der Waals surface area contributed by atoms with Gasteiger partial charge in [-0.2, -0.15) is 0 Å². The fraction of sp³-hybridized carbons (Fsp3) is 0.269. The van der Waals surface area contributed by atoms with E-state index in [-0.39, 0.29) is 5.91 Å². The van der Waals surface area contributed by atoms with E-state index in [9.17, 15) is 4.79 Å². The summed E-state index contributed by atoms with van der Waals surface area (Å²) in [4.78, 5) is 12.6. The second kappa shape index (κ2) is 11.7. The molecule has 0 aliphatic carbocycles. The number of carbonyl (C=O) groups excluding carboxylic acids is 1. The third-order valence-corrected chi connectivity index (χ3v) is 4.72. The molecule has 0 saturated heterocycles. The van der Waals surface area contributed by atoms with Gasteiger partial charge in [-0.05, 0) is 54.4 Å². The number of benzene rings is 3. The molecule has 0 saturated carbocycles. The van der Waals surface area contributed by atoms with Crippen LogP contribution in [0.25, 0.3) is 0 Å². The summed E-state index contributed by atoms with van der Waals surface area (Å²) in [6.45, 7) is 3.38. The Labute approximate surface area is 178 Å². The van der Waals surface area contributed by atoms with Crippen molar-refractivity contribution in [2.24, 2.45) is 0 Å². The SMILES string of the molecule is CCCCCCOc1ccc(NC(=O)c2cccc(OCc3ccccc3)c2)cc1. The molecule has 4 nitrogen and oxygen atoms in total. The highest BCUT2D eigenvalue weighted by Crippen LogP contribution is 2.19. The van der Waals surface area contributed by atoms with E-state index < -0.39 is 0 Å². The third-order valence-electron chi connectivity index (χ3n) is 4.72. The molecule has 0 unspecified atom stereocenters. The number of carbonyl (C=O) groups is 1. The number of rotatable bonds is 11. The van der Waals surface area contributed by atoms with Crippen LogP contribution < -0.4 is 14.8 Å². The van der Waals surface area contributed by atoms with Crippen molar-refractivity contribution in [3.8, 4) is 11.5 Å². The van der Waals surface area contributed by atoms with Gasteiger partial charge in [0.15, 0.2) is 0 Å². The van der Waals surface area contributed by atoms with Crippen LogP contribution in [-0.2, 0) is 6.61 Å². The average Bonchev–Trinajstić information content (AvgIpc) is 2.79. The topological polar surface area (TPSA) is 47.6 Å². The molecule has 0 aromatic heterocycles. The summed E-state index contributed by atoms with van der Waals surface area (Å²) in [6, 6.07) is 24.6. The highest BCUT2D eigenvalue weighted by atomic mass is 16.5. The van der Waals surface area contributed by atoms with E-state index in [2.05, 4.69) is 12.2 Å². The van der Waals surface area contributed by atoms with Crippen LogP contribution in [0.15, 0.2) is 78.9 Å². The van der Waals surface area contributed by atoms with Gasteiger partial charge < -0.3 is 14.8 Å². The summed E-state index contributed by atoms with van der Waals surface area (Å²) in [7, 11) is 0. The van der Waals surface area contributed by atoms with Crippen LogP contribution in [0, 0.1) is 0 Å². The second-order valence-electron chi connectivity index (χ2n) is 7.19. The van der Waals surface area contributed by atoms with Crippen molar-refractivity contribution >= 4 is 11.6 Å². The lowest BCUT2D eigenvalue weighted by Crippen LogP contribution is -2.12. The van der Waals surface area contributed by atoms with Crippen LogP contribution in [0.1, 0.15) is 48.5 Å². The van der Waals surface area contributed by atoms with Gasteiger partial charge in [0.2, 0.25) is 0 Å². The molecule has 0 spiro atoms. The lowest BCUT2D eigenvalue weighted by Gasteiger charge is -2.10. The lowest BCUT2D eigenvalue weighted by molar-refractivity contribution is 0.102. The van der Waals surface area contributed by atoms with Crippen molar-refractivity contribution in [1.29, 1.82) is 0 Å².